The van der Waals surface area contributed by atoms with Crippen molar-refractivity contribution >= 4 is 32.2 Å². The van der Waals surface area contributed by atoms with Crippen molar-refractivity contribution in [2.75, 3.05) is 17.6 Å². The summed E-state index contributed by atoms with van der Waals surface area (Å²) in [4.78, 5) is 3.91. The number of aromatic nitrogens is 1. The van der Waals surface area contributed by atoms with Crippen LogP contribution in [0, 0.1) is 6.92 Å². The summed E-state index contributed by atoms with van der Waals surface area (Å²) in [6.07, 6.45) is 0. The molecule has 0 saturated heterocycles. The van der Waals surface area contributed by atoms with Crippen molar-refractivity contribution in [1.29, 1.82) is 0 Å². The van der Waals surface area contributed by atoms with Crippen LogP contribution in [0.4, 0.5) is 10.8 Å². The first-order valence-electron chi connectivity index (χ1n) is 5.33. The van der Waals surface area contributed by atoms with Crippen LogP contribution in [0.1, 0.15) is 5.69 Å². The van der Waals surface area contributed by atoms with Gasteiger partial charge in [0.15, 0.2) is 9.34 Å². The van der Waals surface area contributed by atoms with Crippen LogP contribution >= 0.6 is 11.3 Å². The van der Waals surface area contributed by atoms with E-state index in [1.807, 2.05) is 0 Å². The monoisotopic (exact) mass is 299 g/mol. The number of aryl methyl sites for hydroxylation is 1. The second kappa shape index (κ2) is 5.06. The molecular weight excluding hydrogens is 286 g/mol. The number of ether oxygens (including phenoxy) is 1. The van der Waals surface area contributed by atoms with Gasteiger partial charge in [-0.25, -0.2) is 13.4 Å². The fraction of sp³-hybridized carbons (Fsp3) is 0.182. The Hall–Kier alpha value is -1.80. The molecule has 0 saturated carbocycles. The van der Waals surface area contributed by atoms with E-state index in [1.165, 1.54) is 7.11 Å². The number of thiazole rings is 1. The molecule has 0 aliphatic carbocycles. The molecular formula is C11H13N3O3S2. The van der Waals surface area contributed by atoms with Crippen LogP contribution in [0.2, 0.25) is 0 Å². The number of hydrogen-bond acceptors (Lipinski definition) is 6. The van der Waals surface area contributed by atoms with Gasteiger partial charge in [-0.2, -0.15) is 0 Å². The average Bonchev–Trinajstić information content (AvgIpc) is 2.69. The molecule has 0 amide bonds. The molecule has 0 fully saturated rings. The Morgan fingerprint density at radius 2 is 2.05 bits per heavy atom. The molecule has 0 aliphatic rings. The maximum atomic E-state index is 12.3. The number of para-hydroxylation sites is 2. The smallest absolute Gasteiger partial charge is 0.273 e. The first kappa shape index (κ1) is 13.6. The Morgan fingerprint density at radius 3 is 2.63 bits per heavy atom. The van der Waals surface area contributed by atoms with E-state index in [0.717, 1.165) is 11.3 Å². The van der Waals surface area contributed by atoms with Gasteiger partial charge in [0.25, 0.3) is 10.0 Å². The number of methoxy groups -OCH3 is 1. The number of benzene rings is 1. The van der Waals surface area contributed by atoms with Gasteiger partial charge in [0.1, 0.15) is 5.75 Å². The first-order chi connectivity index (χ1) is 8.94. The first-order valence-corrected chi connectivity index (χ1v) is 7.63. The fourth-order valence-electron chi connectivity index (χ4n) is 1.57. The minimum absolute atomic E-state index is 0.107. The quantitative estimate of drug-likeness (QED) is 0.898. The van der Waals surface area contributed by atoms with Gasteiger partial charge >= 0.3 is 0 Å². The minimum Gasteiger partial charge on any atom is -0.495 e. The van der Waals surface area contributed by atoms with Crippen molar-refractivity contribution in [2.24, 2.45) is 0 Å². The van der Waals surface area contributed by atoms with Gasteiger partial charge in [-0.3, -0.25) is 4.72 Å². The van der Waals surface area contributed by atoms with Crippen LogP contribution in [-0.2, 0) is 10.0 Å². The maximum Gasteiger partial charge on any atom is 0.273 e. The molecule has 0 atom stereocenters. The largest absolute Gasteiger partial charge is 0.495 e. The molecule has 102 valence electrons. The third-order valence-electron chi connectivity index (χ3n) is 2.37. The van der Waals surface area contributed by atoms with Crippen LogP contribution in [0.25, 0.3) is 0 Å². The van der Waals surface area contributed by atoms with Gasteiger partial charge in [0.2, 0.25) is 0 Å². The number of nitrogens with zero attached hydrogens (tertiary/aromatic N) is 1. The second-order valence-corrected chi connectivity index (χ2v) is 6.64. The topological polar surface area (TPSA) is 94.3 Å². The molecule has 3 N–H and O–H groups in total. The highest BCUT2D eigenvalue weighted by molar-refractivity contribution is 7.94. The number of nitrogen functional groups attached to an aromatic ring is 1. The molecule has 1 aromatic carbocycles. The van der Waals surface area contributed by atoms with Crippen molar-refractivity contribution in [1.82, 2.24) is 4.98 Å². The SMILES string of the molecule is COc1ccccc1NS(=O)(=O)c1sc(N)nc1C. The fourth-order valence-corrected chi connectivity index (χ4v) is 3.94. The summed E-state index contributed by atoms with van der Waals surface area (Å²) in [5, 5.41) is 0.220. The standard InChI is InChI=1S/C11H13N3O3S2/c1-7-10(18-11(12)13-7)19(15,16)14-8-5-3-4-6-9(8)17-2/h3-6,14H,1-2H3,(H2,12,13). The summed E-state index contributed by atoms with van der Waals surface area (Å²) < 4.78 is 32.2. The zero-order chi connectivity index (χ0) is 14.0. The van der Waals surface area contributed by atoms with E-state index in [0.29, 0.717) is 17.1 Å². The number of nitrogens with one attached hydrogen (secondary N) is 1. The van der Waals surface area contributed by atoms with Crippen LogP contribution < -0.4 is 15.2 Å². The molecule has 1 heterocycles. The third-order valence-corrected chi connectivity index (χ3v) is 5.33. The number of anilines is 2. The molecule has 0 bridgehead atoms. The van der Waals surface area contributed by atoms with E-state index in [-0.39, 0.29) is 9.34 Å². The van der Waals surface area contributed by atoms with Crippen molar-refractivity contribution in [3.05, 3.63) is 30.0 Å². The number of nitrogens with two attached hydrogens (primary N) is 1. The van der Waals surface area contributed by atoms with Gasteiger partial charge < -0.3 is 10.5 Å². The second-order valence-electron chi connectivity index (χ2n) is 3.73. The van der Waals surface area contributed by atoms with Crippen molar-refractivity contribution in [2.45, 2.75) is 11.1 Å². The molecule has 0 unspecified atom stereocenters. The zero-order valence-electron chi connectivity index (χ0n) is 10.4. The van der Waals surface area contributed by atoms with E-state index >= 15 is 0 Å². The molecule has 0 aliphatic heterocycles. The normalized spacial score (nSPS) is 11.3. The lowest BCUT2D eigenvalue weighted by Gasteiger charge is -2.10. The highest BCUT2D eigenvalue weighted by Gasteiger charge is 2.22. The van der Waals surface area contributed by atoms with E-state index in [4.69, 9.17) is 10.5 Å². The molecule has 0 spiro atoms. The zero-order valence-corrected chi connectivity index (χ0v) is 12.0. The van der Waals surface area contributed by atoms with Gasteiger partial charge in [-0.05, 0) is 19.1 Å². The van der Waals surface area contributed by atoms with E-state index in [1.54, 1.807) is 31.2 Å². The molecule has 19 heavy (non-hydrogen) atoms. The predicted octanol–water partition coefficient (Wildman–Crippen LogP) is 1.84. The van der Waals surface area contributed by atoms with E-state index in [2.05, 4.69) is 9.71 Å². The third kappa shape index (κ3) is 2.79. The Balaban J connectivity index is 2.39. The molecule has 6 nitrogen and oxygen atoms in total. The lowest BCUT2D eigenvalue weighted by atomic mass is 10.3. The summed E-state index contributed by atoms with van der Waals surface area (Å²) in [5.41, 5.74) is 6.27. The summed E-state index contributed by atoms with van der Waals surface area (Å²) in [6.45, 7) is 1.60. The Kier molecular flexibility index (Phi) is 3.63. The maximum absolute atomic E-state index is 12.3. The number of sulfonamides is 1. The molecule has 1 aromatic heterocycles. The predicted molar refractivity (Wildman–Crippen MR) is 75.1 cm³/mol. The molecule has 2 aromatic rings. The highest BCUT2D eigenvalue weighted by atomic mass is 32.2. The van der Waals surface area contributed by atoms with E-state index in [9.17, 15) is 8.42 Å². The summed E-state index contributed by atoms with van der Waals surface area (Å²) in [7, 11) is -2.23. The van der Waals surface area contributed by atoms with Gasteiger partial charge in [-0.15, -0.1) is 0 Å². The molecule has 2 rings (SSSR count). The summed E-state index contributed by atoms with van der Waals surface area (Å²) in [5.74, 6) is 0.446. The van der Waals surface area contributed by atoms with Gasteiger partial charge in [0, 0.05) is 0 Å². The van der Waals surface area contributed by atoms with Crippen LogP contribution in [-0.4, -0.2) is 20.5 Å². The van der Waals surface area contributed by atoms with Crippen LogP contribution in [0.15, 0.2) is 28.5 Å². The van der Waals surface area contributed by atoms with Crippen molar-refractivity contribution in [3.8, 4) is 5.75 Å². The highest BCUT2D eigenvalue weighted by Crippen LogP contribution is 2.30. The number of hydrogen-bond donors (Lipinski definition) is 2. The lowest BCUT2D eigenvalue weighted by Crippen LogP contribution is -2.13. The van der Waals surface area contributed by atoms with E-state index < -0.39 is 10.0 Å². The van der Waals surface area contributed by atoms with Crippen LogP contribution in [0.3, 0.4) is 0 Å². The van der Waals surface area contributed by atoms with Gasteiger partial charge in [-0.1, -0.05) is 23.5 Å². The van der Waals surface area contributed by atoms with Crippen LogP contribution in [0.5, 0.6) is 5.75 Å². The van der Waals surface area contributed by atoms with Crippen molar-refractivity contribution < 1.29 is 13.2 Å². The molecule has 0 radical (unpaired) electrons. The average molecular weight is 299 g/mol. The van der Waals surface area contributed by atoms with Gasteiger partial charge in [0.05, 0.1) is 18.5 Å². The Bertz CT molecular complexity index is 695. The number of rotatable bonds is 4. The lowest BCUT2D eigenvalue weighted by molar-refractivity contribution is 0.417. The van der Waals surface area contributed by atoms with Crippen molar-refractivity contribution in [3.63, 3.8) is 0 Å². The minimum atomic E-state index is -3.71. The molecule has 8 heteroatoms. The Labute approximate surface area is 115 Å². The Morgan fingerprint density at radius 1 is 1.37 bits per heavy atom. The summed E-state index contributed by atoms with van der Waals surface area (Å²) >= 11 is 0.929. The summed E-state index contributed by atoms with van der Waals surface area (Å²) in [6, 6.07) is 6.77.